The summed E-state index contributed by atoms with van der Waals surface area (Å²) in [4.78, 5) is 11.6. The number of ether oxygens (including phenoxy) is 1. The minimum atomic E-state index is 0.287. The second-order valence-electron chi connectivity index (χ2n) is 4.32. The maximum absolute atomic E-state index is 11.6. The first kappa shape index (κ1) is 10.9. The van der Waals surface area contributed by atoms with Crippen molar-refractivity contribution in [1.82, 2.24) is 0 Å². The molecule has 1 aliphatic rings. The molecule has 2 rings (SSSR count). The number of hydrogen-bond donors (Lipinski definition) is 0. The molecule has 16 heavy (non-hydrogen) atoms. The Morgan fingerprint density at radius 3 is 2.88 bits per heavy atom. The van der Waals surface area contributed by atoms with E-state index in [0.717, 1.165) is 23.3 Å². The van der Waals surface area contributed by atoms with Gasteiger partial charge in [-0.15, -0.1) is 0 Å². The third-order valence-electron chi connectivity index (χ3n) is 2.88. The second kappa shape index (κ2) is 4.52. The van der Waals surface area contributed by atoms with Crippen molar-refractivity contribution in [2.45, 2.75) is 19.8 Å². The molecule has 0 amide bonds. The fraction of sp³-hybridized carbons (Fsp3) is 0.357. The molecule has 0 saturated carbocycles. The van der Waals surface area contributed by atoms with E-state index in [0.29, 0.717) is 12.3 Å². The molecular formula is C14H16O2. The zero-order valence-corrected chi connectivity index (χ0v) is 9.69. The number of carbonyl (C=O) groups is 1. The van der Waals surface area contributed by atoms with Gasteiger partial charge in [-0.3, -0.25) is 4.79 Å². The van der Waals surface area contributed by atoms with Gasteiger partial charge in [0, 0.05) is 12.8 Å². The molecule has 0 aliphatic heterocycles. The number of benzene rings is 1. The first-order chi connectivity index (χ1) is 7.69. The Kier molecular flexibility index (Phi) is 3.09. The SMILES string of the molecule is COc1cccc(CC2=C[C@H](C)CC2=O)c1. The maximum Gasteiger partial charge on any atom is 0.159 e. The van der Waals surface area contributed by atoms with Gasteiger partial charge in [-0.25, -0.2) is 0 Å². The van der Waals surface area contributed by atoms with Gasteiger partial charge in [0.05, 0.1) is 7.11 Å². The zero-order valence-electron chi connectivity index (χ0n) is 9.69. The molecule has 0 unspecified atom stereocenters. The topological polar surface area (TPSA) is 26.3 Å². The van der Waals surface area contributed by atoms with Crippen LogP contribution in [0.5, 0.6) is 5.75 Å². The molecule has 1 aromatic rings. The minimum Gasteiger partial charge on any atom is -0.497 e. The number of allylic oxidation sites excluding steroid dienone is 2. The zero-order chi connectivity index (χ0) is 11.5. The summed E-state index contributed by atoms with van der Waals surface area (Å²) in [6.07, 6.45) is 3.47. The van der Waals surface area contributed by atoms with Crippen LogP contribution in [-0.2, 0) is 11.2 Å². The van der Waals surface area contributed by atoms with E-state index in [1.807, 2.05) is 24.3 Å². The highest BCUT2D eigenvalue weighted by Gasteiger charge is 2.20. The van der Waals surface area contributed by atoms with Gasteiger partial charge >= 0.3 is 0 Å². The molecular weight excluding hydrogens is 200 g/mol. The summed E-state index contributed by atoms with van der Waals surface area (Å²) in [5.74, 6) is 1.53. The second-order valence-corrected chi connectivity index (χ2v) is 4.32. The number of ketones is 1. The van der Waals surface area contributed by atoms with Crippen molar-refractivity contribution in [2.24, 2.45) is 5.92 Å². The van der Waals surface area contributed by atoms with E-state index in [4.69, 9.17) is 4.74 Å². The van der Waals surface area contributed by atoms with Crippen LogP contribution >= 0.6 is 0 Å². The lowest BCUT2D eigenvalue weighted by molar-refractivity contribution is -0.115. The van der Waals surface area contributed by atoms with E-state index in [1.54, 1.807) is 7.11 Å². The van der Waals surface area contributed by atoms with Crippen LogP contribution in [0.25, 0.3) is 0 Å². The Morgan fingerprint density at radius 2 is 2.25 bits per heavy atom. The van der Waals surface area contributed by atoms with Crippen molar-refractivity contribution in [3.63, 3.8) is 0 Å². The molecule has 0 spiro atoms. The Labute approximate surface area is 95.9 Å². The fourth-order valence-electron chi connectivity index (χ4n) is 2.08. The first-order valence-electron chi connectivity index (χ1n) is 5.56. The van der Waals surface area contributed by atoms with Crippen LogP contribution in [0.1, 0.15) is 18.9 Å². The predicted molar refractivity (Wildman–Crippen MR) is 63.6 cm³/mol. The molecule has 2 nitrogen and oxygen atoms in total. The van der Waals surface area contributed by atoms with E-state index in [9.17, 15) is 4.79 Å². The average Bonchev–Trinajstić information content (AvgIpc) is 2.58. The summed E-state index contributed by atoms with van der Waals surface area (Å²) in [6.45, 7) is 2.08. The number of rotatable bonds is 3. The lowest BCUT2D eigenvalue weighted by Crippen LogP contribution is -2.00. The molecule has 0 aromatic heterocycles. The standard InChI is InChI=1S/C14H16O2/c1-10-6-12(14(15)7-10)8-11-4-3-5-13(9-11)16-2/h3-6,9-10H,7-8H2,1-2H3/t10-/m0/s1. The van der Waals surface area contributed by atoms with Crippen molar-refractivity contribution in [1.29, 1.82) is 0 Å². The lowest BCUT2D eigenvalue weighted by Gasteiger charge is -2.04. The van der Waals surface area contributed by atoms with Gasteiger partial charge in [0.1, 0.15) is 5.75 Å². The number of Topliss-reactive ketones (excluding diaryl/α,β-unsaturated/α-hetero) is 1. The van der Waals surface area contributed by atoms with Crippen molar-refractivity contribution in [3.8, 4) is 5.75 Å². The maximum atomic E-state index is 11.6. The van der Waals surface area contributed by atoms with Gasteiger partial charge in [-0.2, -0.15) is 0 Å². The van der Waals surface area contributed by atoms with Gasteiger partial charge in [-0.05, 0) is 29.2 Å². The van der Waals surface area contributed by atoms with Crippen LogP contribution in [0.15, 0.2) is 35.9 Å². The highest BCUT2D eigenvalue weighted by molar-refractivity contribution is 5.98. The smallest absolute Gasteiger partial charge is 0.159 e. The van der Waals surface area contributed by atoms with E-state index in [-0.39, 0.29) is 5.78 Å². The van der Waals surface area contributed by atoms with Crippen molar-refractivity contribution in [3.05, 3.63) is 41.5 Å². The van der Waals surface area contributed by atoms with Gasteiger partial charge in [-0.1, -0.05) is 25.1 Å². The molecule has 1 atom stereocenters. The Balaban J connectivity index is 2.15. The van der Waals surface area contributed by atoms with Gasteiger partial charge in [0.2, 0.25) is 0 Å². The largest absolute Gasteiger partial charge is 0.497 e. The fourth-order valence-corrected chi connectivity index (χ4v) is 2.08. The van der Waals surface area contributed by atoms with E-state index in [2.05, 4.69) is 13.0 Å². The van der Waals surface area contributed by atoms with Crippen LogP contribution in [0, 0.1) is 5.92 Å². The molecule has 0 radical (unpaired) electrons. The number of methoxy groups -OCH3 is 1. The average molecular weight is 216 g/mol. The molecule has 0 N–H and O–H groups in total. The molecule has 0 bridgehead atoms. The minimum absolute atomic E-state index is 0.287. The third-order valence-corrected chi connectivity index (χ3v) is 2.88. The van der Waals surface area contributed by atoms with E-state index < -0.39 is 0 Å². The first-order valence-corrected chi connectivity index (χ1v) is 5.56. The van der Waals surface area contributed by atoms with Gasteiger partial charge in [0.25, 0.3) is 0 Å². The van der Waals surface area contributed by atoms with Crippen LogP contribution in [0.2, 0.25) is 0 Å². The lowest BCUT2D eigenvalue weighted by atomic mass is 10.0. The quantitative estimate of drug-likeness (QED) is 0.776. The summed E-state index contributed by atoms with van der Waals surface area (Å²) in [6, 6.07) is 7.88. The van der Waals surface area contributed by atoms with Crippen molar-refractivity contribution in [2.75, 3.05) is 7.11 Å². The van der Waals surface area contributed by atoms with Crippen LogP contribution in [-0.4, -0.2) is 12.9 Å². The highest BCUT2D eigenvalue weighted by Crippen LogP contribution is 2.24. The van der Waals surface area contributed by atoms with Gasteiger partial charge in [0.15, 0.2) is 5.78 Å². The van der Waals surface area contributed by atoms with E-state index in [1.165, 1.54) is 0 Å². The summed E-state index contributed by atoms with van der Waals surface area (Å²) in [7, 11) is 1.65. The third kappa shape index (κ3) is 2.32. The number of hydrogen-bond acceptors (Lipinski definition) is 2. The molecule has 0 heterocycles. The molecule has 2 heteroatoms. The van der Waals surface area contributed by atoms with Crippen molar-refractivity contribution >= 4 is 5.78 Å². The molecule has 0 fully saturated rings. The molecule has 1 aliphatic carbocycles. The highest BCUT2D eigenvalue weighted by atomic mass is 16.5. The molecule has 1 aromatic carbocycles. The number of carbonyl (C=O) groups excluding carboxylic acids is 1. The van der Waals surface area contributed by atoms with Crippen molar-refractivity contribution < 1.29 is 9.53 Å². The summed E-state index contributed by atoms with van der Waals surface area (Å²) in [5, 5.41) is 0. The Hall–Kier alpha value is -1.57. The summed E-state index contributed by atoms with van der Waals surface area (Å²) in [5.41, 5.74) is 2.08. The van der Waals surface area contributed by atoms with Crippen LogP contribution < -0.4 is 4.74 Å². The van der Waals surface area contributed by atoms with Crippen LogP contribution in [0.4, 0.5) is 0 Å². The Morgan fingerprint density at radius 1 is 1.44 bits per heavy atom. The molecule has 84 valence electrons. The van der Waals surface area contributed by atoms with Gasteiger partial charge < -0.3 is 4.74 Å². The predicted octanol–water partition coefficient (Wildman–Crippen LogP) is 2.77. The van der Waals surface area contributed by atoms with Crippen LogP contribution in [0.3, 0.4) is 0 Å². The summed E-state index contributed by atoms with van der Waals surface area (Å²) < 4.78 is 5.16. The van der Waals surface area contributed by atoms with E-state index >= 15 is 0 Å². The normalized spacial score (nSPS) is 19.8. The molecule has 0 saturated heterocycles. The summed E-state index contributed by atoms with van der Waals surface area (Å²) >= 11 is 0. The monoisotopic (exact) mass is 216 g/mol. The Bertz CT molecular complexity index is 432.